The van der Waals surface area contributed by atoms with Crippen LogP contribution in [0.4, 0.5) is 5.69 Å². The van der Waals surface area contributed by atoms with Crippen LogP contribution in [0.2, 0.25) is 0 Å². The van der Waals surface area contributed by atoms with Gasteiger partial charge >= 0.3 is 0 Å². The van der Waals surface area contributed by atoms with E-state index in [-0.39, 0.29) is 0 Å². The highest BCUT2D eigenvalue weighted by molar-refractivity contribution is 7.99. The minimum atomic E-state index is 0.393. The number of nitrogens with zero attached hydrogens (tertiary/aromatic N) is 6. The molecular formula is C9H13N7OS. The molecule has 0 unspecified atom stereocenters. The zero-order valence-electron chi connectivity index (χ0n) is 10.1. The lowest BCUT2D eigenvalue weighted by Gasteiger charge is -2.08. The van der Waals surface area contributed by atoms with Crippen LogP contribution in [0.25, 0.3) is 0 Å². The fraction of sp³-hybridized carbons (Fsp3) is 0.444. The van der Waals surface area contributed by atoms with Crippen LogP contribution < -0.4 is 10.5 Å². The molecule has 0 aliphatic rings. The molecule has 8 nitrogen and oxygen atoms in total. The number of nitrogen functional groups attached to an aromatic ring is 1. The maximum atomic E-state index is 5.94. The van der Waals surface area contributed by atoms with Gasteiger partial charge in [0, 0.05) is 7.05 Å². The molecule has 0 saturated carbocycles. The van der Waals surface area contributed by atoms with Crippen LogP contribution in [-0.2, 0) is 7.05 Å². The van der Waals surface area contributed by atoms with Crippen LogP contribution in [0.3, 0.4) is 0 Å². The highest BCUT2D eigenvalue weighted by Crippen LogP contribution is 2.32. The highest BCUT2D eigenvalue weighted by Gasteiger charge is 2.13. The van der Waals surface area contributed by atoms with Crippen molar-refractivity contribution in [2.45, 2.75) is 23.5 Å². The number of ether oxygens (including phenoxy) is 1. The number of rotatable bonds is 5. The fourth-order valence-corrected chi connectivity index (χ4v) is 1.87. The van der Waals surface area contributed by atoms with E-state index in [1.54, 1.807) is 11.7 Å². The second-order valence-corrected chi connectivity index (χ2v) is 4.39. The normalized spacial score (nSPS) is 10.6. The molecule has 18 heavy (non-hydrogen) atoms. The molecule has 2 aromatic heterocycles. The Balaban J connectivity index is 2.21. The van der Waals surface area contributed by atoms with E-state index in [0.29, 0.717) is 28.4 Å². The minimum absolute atomic E-state index is 0.393. The van der Waals surface area contributed by atoms with Gasteiger partial charge in [0.05, 0.1) is 6.61 Å². The summed E-state index contributed by atoms with van der Waals surface area (Å²) >= 11 is 1.27. The Morgan fingerprint density at radius 2 is 2.28 bits per heavy atom. The Kier molecular flexibility index (Phi) is 3.92. The summed E-state index contributed by atoms with van der Waals surface area (Å²) in [6.45, 7) is 2.58. The van der Waals surface area contributed by atoms with E-state index in [4.69, 9.17) is 10.5 Å². The van der Waals surface area contributed by atoms with Crippen LogP contribution >= 0.6 is 11.8 Å². The lowest BCUT2D eigenvalue weighted by molar-refractivity contribution is 0.305. The first-order valence-corrected chi connectivity index (χ1v) is 6.17. The molecule has 2 rings (SSSR count). The van der Waals surface area contributed by atoms with E-state index >= 15 is 0 Å². The molecule has 0 bridgehead atoms. The first kappa shape index (κ1) is 12.6. The van der Waals surface area contributed by atoms with Gasteiger partial charge in [0.2, 0.25) is 11.0 Å². The number of hydrogen-bond donors (Lipinski definition) is 1. The van der Waals surface area contributed by atoms with Crippen LogP contribution in [0.15, 0.2) is 16.5 Å². The standard InChI is InChI=1S/C9H13N7OS/c1-3-4-17-7-6(10)8(12-5-11-7)18-9-13-14-15-16(9)2/h5H,3-4,10H2,1-2H3. The predicted molar refractivity (Wildman–Crippen MR) is 65.2 cm³/mol. The number of aryl methyl sites for hydroxylation is 1. The third-order valence-electron chi connectivity index (χ3n) is 2.02. The SMILES string of the molecule is CCCOc1ncnc(Sc2nnnn2C)c1N. The van der Waals surface area contributed by atoms with E-state index in [9.17, 15) is 0 Å². The summed E-state index contributed by atoms with van der Waals surface area (Å²) in [7, 11) is 1.74. The van der Waals surface area contributed by atoms with Crippen molar-refractivity contribution in [2.24, 2.45) is 7.05 Å². The summed E-state index contributed by atoms with van der Waals surface area (Å²) < 4.78 is 6.97. The molecule has 96 valence electrons. The third kappa shape index (κ3) is 2.67. The van der Waals surface area contributed by atoms with E-state index in [1.165, 1.54) is 18.1 Å². The molecule has 0 radical (unpaired) electrons. The van der Waals surface area contributed by atoms with Gasteiger partial charge in [-0.3, -0.25) is 0 Å². The largest absolute Gasteiger partial charge is 0.476 e. The molecule has 2 N–H and O–H groups in total. The number of nitrogens with two attached hydrogens (primary N) is 1. The first-order chi connectivity index (χ1) is 8.72. The van der Waals surface area contributed by atoms with Gasteiger partial charge in [0.1, 0.15) is 17.0 Å². The molecule has 2 heterocycles. The Morgan fingerprint density at radius 1 is 1.44 bits per heavy atom. The van der Waals surface area contributed by atoms with Crippen LogP contribution in [0.5, 0.6) is 5.88 Å². The van der Waals surface area contributed by atoms with E-state index in [2.05, 4.69) is 25.5 Å². The monoisotopic (exact) mass is 267 g/mol. The maximum Gasteiger partial charge on any atom is 0.241 e. The van der Waals surface area contributed by atoms with Gasteiger partial charge in [-0.2, -0.15) is 4.98 Å². The molecule has 0 aliphatic heterocycles. The Labute approximate surface area is 108 Å². The molecule has 0 aliphatic carbocycles. The highest BCUT2D eigenvalue weighted by atomic mass is 32.2. The van der Waals surface area contributed by atoms with Gasteiger partial charge in [0.25, 0.3) is 0 Å². The average Bonchev–Trinajstić information content (AvgIpc) is 2.76. The van der Waals surface area contributed by atoms with Gasteiger partial charge in [-0.15, -0.1) is 5.10 Å². The Hall–Kier alpha value is -1.90. The van der Waals surface area contributed by atoms with Crippen molar-refractivity contribution < 1.29 is 4.74 Å². The van der Waals surface area contributed by atoms with E-state index < -0.39 is 0 Å². The van der Waals surface area contributed by atoms with Crippen LogP contribution in [-0.4, -0.2) is 36.8 Å². The summed E-state index contributed by atoms with van der Waals surface area (Å²) in [5, 5.41) is 12.3. The summed E-state index contributed by atoms with van der Waals surface area (Å²) in [5.41, 5.74) is 6.34. The second-order valence-electron chi connectivity index (χ2n) is 3.43. The van der Waals surface area contributed by atoms with Crippen molar-refractivity contribution in [1.29, 1.82) is 0 Å². The quantitative estimate of drug-likeness (QED) is 0.782. The van der Waals surface area contributed by atoms with Crippen molar-refractivity contribution in [3.05, 3.63) is 6.33 Å². The molecule has 0 spiro atoms. The number of aromatic nitrogens is 6. The average molecular weight is 267 g/mol. The zero-order valence-corrected chi connectivity index (χ0v) is 10.9. The number of tetrazole rings is 1. The second kappa shape index (κ2) is 5.63. The van der Waals surface area contributed by atoms with Gasteiger partial charge in [-0.1, -0.05) is 6.92 Å². The maximum absolute atomic E-state index is 5.94. The lowest BCUT2D eigenvalue weighted by Crippen LogP contribution is -2.04. The fourth-order valence-electron chi connectivity index (χ4n) is 1.15. The minimum Gasteiger partial charge on any atom is -0.476 e. The molecule has 0 saturated heterocycles. The van der Waals surface area contributed by atoms with Gasteiger partial charge in [-0.25, -0.2) is 9.67 Å². The van der Waals surface area contributed by atoms with Crippen molar-refractivity contribution in [1.82, 2.24) is 30.2 Å². The third-order valence-corrected chi connectivity index (χ3v) is 3.07. The van der Waals surface area contributed by atoms with Crippen LogP contribution in [0.1, 0.15) is 13.3 Å². The van der Waals surface area contributed by atoms with Crippen molar-refractivity contribution in [3.8, 4) is 5.88 Å². The molecule has 2 aromatic rings. The predicted octanol–water partition coefficient (Wildman–Crippen LogP) is 0.522. The van der Waals surface area contributed by atoms with Gasteiger partial charge in [0.15, 0.2) is 0 Å². The summed E-state index contributed by atoms with van der Waals surface area (Å²) in [6.07, 6.45) is 2.30. The molecule has 0 amide bonds. The summed E-state index contributed by atoms with van der Waals surface area (Å²) in [4.78, 5) is 8.10. The Morgan fingerprint density at radius 3 is 2.94 bits per heavy atom. The van der Waals surface area contributed by atoms with Crippen LogP contribution in [0, 0.1) is 0 Å². The first-order valence-electron chi connectivity index (χ1n) is 5.35. The molecular weight excluding hydrogens is 254 g/mol. The van der Waals surface area contributed by atoms with Crippen molar-refractivity contribution in [3.63, 3.8) is 0 Å². The molecule has 0 atom stereocenters. The van der Waals surface area contributed by atoms with Crippen molar-refractivity contribution in [2.75, 3.05) is 12.3 Å². The van der Waals surface area contributed by atoms with E-state index in [0.717, 1.165) is 6.42 Å². The number of hydrogen-bond acceptors (Lipinski definition) is 8. The molecule has 0 fully saturated rings. The topological polar surface area (TPSA) is 105 Å². The molecule has 0 aromatic carbocycles. The lowest BCUT2D eigenvalue weighted by atomic mass is 10.5. The van der Waals surface area contributed by atoms with Gasteiger partial charge < -0.3 is 10.5 Å². The number of anilines is 1. The Bertz CT molecular complexity index is 529. The zero-order chi connectivity index (χ0) is 13.0. The van der Waals surface area contributed by atoms with Gasteiger partial charge in [-0.05, 0) is 28.6 Å². The smallest absolute Gasteiger partial charge is 0.241 e. The summed E-state index contributed by atoms with van der Waals surface area (Å²) in [6, 6.07) is 0. The van der Waals surface area contributed by atoms with E-state index in [1.807, 2.05) is 6.92 Å². The summed E-state index contributed by atoms with van der Waals surface area (Å²) in [5.74, 6) is 0.393. The van der Waals surface area contributed by atoms with Crippen molar-refractivity contribution >= 4 is 17.4 Å². The molecule has 9 heteroatoms.